The molecule has 0 aromatic heterocycles. The molecule has 0 bridgehead atoms. The van der Waals surface area contributed by atoms with Gasteiger partial charge in [-0.1, -0.05) is 26.7 Å². The van der Waals surface area contributed by atoms with Crippen molar-refractivity contribution in [1.82, 2.24) is 0 Å². The van der Waals surface area contributed by atoms with Crippen LogP contribution in [-0.4, -0.2) is 23.9 Å². The minimum absolute atomic E-state index is 0.130. The first-order valence-electron chi connectivity index (χ1n) is 4.47. The molecule has 66 valence electrons. The summed E-state index contributed by atoms with van der Waals surface area (Å²) in [5.41, 5.74) is -0.130. The fourth-order valence-electron chi connectivity index (χ4n) is 1.61. The minimum Gasteiger partial charge on any atom is -0.393 e. The molecule has 0 aromatic carbocycles. The average molecular weight is 158 g/mol. The second kappa shape index (κ2) is 3.55. The van der Waals surface area contributed by atoms with Gasteiger partial charge in [-0.15, -0.1) is 0 Å². The highest BCUT2D eigenvalue weighted by molar-refractivity contribution is 4.92. The summed E-state index contributed by atoms with van der Waals surface area (Å²) in [5.74, 6) is 0.689. The van der Waals surface area contributed by atoms with Crippen molar-refractivity contribution < 1.29 is 9.84 Å². The van der Waals surface area contributed by atoms with Crippen LogP contribution >= 0.6 is 0 Å². The van der Waals surface area contributed by atoms with Crippen LogP contribution in [-0.2, 0) is 4.74 Å². The van der Waals surface area contributed by atoms with Crippen molar-refractivity contribution in [2.24, 2.45) is 5.92 Å². The largest absolute Gasteiger partial charge is 0.393 e. The third-order valence-electron chi connectivity index (χ3n) is 2.34. The van der Waals surface area contributed by atoms with Crippen LogP contribution in [0.15, 0.2) is 0 Å². The van der Waals surface area contributed by atoms with Gasteiger partial charge in [-0.2, -0.15) is 0 Å². The summed E-state index contributed by atoms with van der Waals surface area (Å²) in [6.45, 7) is 5.37. The van der Waals surface area contributed by atoms with E-state index < -0.39 is 0 Å². The van der Waals surface area contributed by atoms with E-state index in [1.54, 1.807) is 0 Å². The smallest absolute Gasteiger partial charge is 0.115 e. The zero-order chi connectivity index (χ0) is 8.32. The maximum absolute atomic E-state index is 8.95. The van der Waals surface area contributed by atoms with Crippen LogP contribution in [0.3, 0.4) is 0 Å². The van der Waals surface area contributed by atoms with Crippen LogP contribution < -0.4 is 0 Å². The first-order chi connectivity index (χ1) is 5.22. The molecule has 0 aliphatic carbocycles. The van der Waals surface area contributed by atoms with Crippen LogP contribution in [0.2, 0.25) is 0 Å². The molecule has 1 aliphatic heterocycles. The SMILES string of the molecule is CCCC(C)C[C@@]1(CO)CO1. The normalized spacial score (nSPS) is 31.9. The van der Waals surface area contributed by atoms with E-state index in [2.05, 4.69) is 13.8 Å². The molecule has 1 heterocycles. The van der Waals surface area contributed by atoms with Gasteiger partial charge in [0.2, 0.25) is 0 Å². The van der Waals surface area contributed by atoms with Gasteiger partial charge in [-0.25, -0.2) is 0 Å². The third kappa shape index (κ3) is 2.46. The minimum atomic E-state index is -0.130. The van der Waals surface area contributed by atoms with Crippen molar-refractivity contribution in [2.45, 2.75) is 38.7 Å². The maximum Gasteiger partial charge on any atom is 0.115 e. The van der Waals surface area contributed by atoms with E-state index in [0.717, 1.165) is 13.0 Å². The zero-order valence-electron chi connectivity index (χ0n) is 7.47. The molecule has 1 rings (SSSR count). The predicted octanol–water partition coefficient (Wildman–Crippen LogP) is 1.57. The highest BCUT2D eigenvalue weighted by atomic mass is 16.6. The Morgan fingerprint density at radius 1 is 1.64 bits per heavy atom. The Bertz CT molecular complexity index is 119. The summed E-state index contributed by atoms with van der Waals surface area (Å²) in [6.07, 6.45) is 3.49. The number of hydrogen-bond acceptors (Lipinski definition) is 2. The molecule has 1 unspecified atom stereocenters. The average Bonchev–Trinajstić information content (AvgIpc) is 2.70. The van der Waals surface area contributed by atoms with Crippen molar-refractivity contribution >= 4 is 0 Å². The number of aliphatic hydroxyl groups excluding tert-OH is 1. The van der Waals surface area contributed by atoms with Gasteiger partial charge in [0.05, 0.1) is 13.2 Å². The topological polar surface area (TPSA) is 32.8 Å². The molecule has 1 fully saturated rings. The van der Waals surface area contributed by atoms with Gasteiger partial charge in [0.15, 0.2) is 0 Å². The lowest BCUT2D eigenvalue weighted by Crippen LogP contribution is -2.20. The summed E-state index contributed by atoms with van der Waals surface area (Å²) in [7, 11) is 0. The lowest BCUT2D eigenvalue weighted by atomic mass is 9.93. The number of aliphatic hydroxyl groups is 1. The highest BCUT2D eigenvalue weighted by Crippen LogP contribution is 2.34. The van der Waals surface area contributed by atoms with Crippen LogP contribution in [0, 0.1) is 5.92 Å². The van der Waals surface area contributed by atoms with E-state index in [1.807, 2.05) is 0 Å². The van der Waals surface area contributed by atoms with E-state index in [-0.39, 0.29) is 12.2 Å². The Hall–Kier alpha value is -0.0800. The Morgan fingerprint density at radius 3 is 2.64 bits per heavy atom. The molecule has 1 aliphatic rings. The Balaban J connectivity index is 2.18. The molecule has 2 atom stereocenters. The van der Waals surface area contributed by atoms with Gasteiger partial charge in [0.1, 0.15) is 5.60 Å². The molecular weight excluding hydrogens is 140 g/mol. The van der Waals surface area contributed by atoms with Gasteiger partial charge in [0.25, 0.3) is 0 Å². The first-order valence-corrected chi connectivity index (χ1v) is 4.47. The van der Waals surface area contributed by atoms with Gasteiger partial charge in [-0.05, 0) is 12.3 Å². The zero-order valence-corrected chi connectivity index (χ0v) is 7.47. The molecule has 1 N–H and O–H groups in total. The van der Waals surface area contributed by atoms with Gasteiger partial charge >= 0.3 is 0 Å². The predicted molar refractivity (Wildman–Crippen MR) is 44.5 cm³/mol. The summed E-state index contributed by atoms with van der Waals surface area (Å²) in [4.78, 5) is 0. The molecule has 11 heavy (non-hydrogen) atoms. The molecule has 0 spiro atoms. The number of epoxide rings is 1. The van der Waals surface area contributed by atoms with Crippen LogP contribution in [0.1, 0.15) is 33.1 Å². The molecule has 2 heteroatoms. The highest BCUT2D eigenvalue weighted by Gasteiger charge is 2.44. The van der Waals surface area contributed by atoms with Crippen LogP contribution in [0.25, 0.3) is 0 Å². The molecule has 0 amide bonds. The standard InChI is InChI=1S/C9H18O2/c1-3-4-8(2)5-9(6-10)7-11-9/h8,10H,3-7H2,1-2H3/t8?,9-/m1/s1. The summed E-state index contributed by atoms with van der Waals surface area (Å²) in [6, 6.07) is 0. The van der Waals surface area contributed by atoms with Crippen LogP contribution in [0.4, 0.5) is 0 Å². The quantitative estimate of drug-likeness (QED) is 0.616. The monoisotopic (exact) mass is 158 g/mol. The fraction of sp³-hybridized carbons (Fsp3) is 1.00. The van der Waals surface area contributed by atoms with E-state index >= 15 is 0 Å². The first kappa shape index (κ1) is 9.01. The number of hydrogen-bond donors (Lipinski definition) is 1. The van der Waals surface area contributed by atoms with Crippen molar-refractivity contribution in [1.29, 1.82) is 0 Å². The summed E-state index contributed by atoms with van der Waals surface area (Å²) >= 11 is 0. The lowest BCUT2D eigenvalue weighted by Gasteiger charge is -2.13. The van der Waals surface area contributed by atoms with E-state index in [9.17, 15) is 0 Å². The number of ether oxygens (including phenoxy) is 1. The fourth-order valence-corrected chi connectivity index (χ4v) is 1.61. The summed E-state index contributed by atoms with van der Waals surface area (Å²) in [5, 5.41) is 8.95. The van der Waals surface area contributed by atoms with Crippen LogP contribution in [0.5, 0.6) is 0 Å². The maximum atomic E-state index is 8.95. The van der Waals surface area contributed by atoms with Crippen molar-refractivity contribution in [3.8, 4) is 0 Å². The molecule has 1 saturated heterocycles. The third-order valence-corrected chi connectivity index (χ3v) is 2.34. The van der Waals surface area contributed by atoms with E-state index in [0.29, 0.717) is 5.92 Å². The van der Waals surface area contributed by atoms with Crippen molar-refractivity contribution in [3.05, 3.63) is 0 Å². The Labute approximate surface area is 68.6 Å². The van der Waals surface area contributed by atoms with Gasteiger partial charge < -0.3 is 9.84 Å². The number of rotatable bonds is 5. The Kier molecular flexibility index (Phi) is 2.90. The van der Waals surface area contributed by atoms with Gasteiger partial charge in [-0.3, -0.25) is 0 Å². The molecule has 0 radical (unpaired) electrons. The molecule has 0 saturated carbocycles. The van der Waals surface area contributed by atoms with E-state index in [1.165, 1.54) is 12.8 Å². The second-order valence-electron chi connectivity index (χ2n) is 3.73. The molecule has 0 aromatic rings. The van der Waals surface area contributed by atoms with Crippen molar-refractivity contribution in [2.75, 3.05) is 13.2 Å². The van der Waals surface area contributed by atoms with Crippen molar-refractivity contribution in [3.63, 3.8) is 0 Å². The second-order valence-corrected chi connectivity index (χ2v) is 3.73. The lowest BCUT2D eigenvalue weighted by molar-refractivity contribution is 0.148. The molecule has 2 nitrogen and oxygen atoms in total. The summed E-state index contributed by atoms with van der Waals surface area (Å²) < 4.78 is 5.21. The Morgan fingerprint density at radius 2 is 2.27 bits per heavy atom. The molecular formula is C9H18O2. The van der Waals surface area contributed by atoms with Gasteiger partial charge in [0, 0.05) is 0 Å². The van der Waals surface area contributed by atoms with E-state index in [4.69, 9.17) is 9.84 Å².